The smallest absolute Gasteiger partial charge is 0.264 e. The van der Waals surface area contributed by atoms with Crippen molar-refractivity contribution in [1.29, 1.82) is 0 Å². The zero-order chi connectivity index (χ0) is 22.1. The van der Waals surface area contributed by atoms with E-state index in [0.717, 1.165) is 28.6 Å². The van der Waals surface area contributed by atoms with Gasteiger partial charge in [-0.3, -0.25) is 4.31 Å². The summed E-state index contributed by atoms with van der Waals surface area (Å²) in [5.41, 5.74) is 0.976. The summed E-state index contributed by atoms with van der Waals surface area (Å²) in [7, 11) is -3.83. The molecule has 0 aliphatic rings. The van der Waals surface area contributed by atoms with Gasteiger partial charge >= 0.3 is 0 Å². The van der Waals surface area contributed by atoms with E-state index in [1.165, 1.54) is 4.31 Å². The highest BCUT2D eigenvalue weighted by Crippen LogP contribution is 2.33. The van der Waals surface area contributed by atoms with Gasteiger partial charge in [-0.1, -0.05) is 31.5 Å². The maximum atomic E-state index is 13.7. The van der Waals surface area contributed by atoms with E-state index >= 15 is 0 Å². The number of thioether (sulfide) groups is 2. The third-order valence-electron chi connectivity index (χ3n) is 4.66. The number of benzene rings is 2. The van der Waals surface area contributed by atoms with Crippen molar-refractivity contribution in [1.82, 2.24) is 0 Å². The van der Waals surface area contributed by atoms with Gasteiger partial charge in [0.15, 0.2) is 0 Å². The number of aliphatic hydroxyl groups excluding tert-OH is 1. The van der Waals surface area contributed by atoms with Crippen LogP contribution in [0.1, 0.15) is 39.2 Å². The molecule has 1 atom stereocenters. The fourth-order valence-corrected chi connectivity index (χ4v) is 6.41. The summed E-state index contributed by atoms with van der Waals surface area (Å²) in [6.45, 7) is 5.83. The second-order valence-corrected chi connectivity index (χ2v) is 11.8. The van der Waals surface area contributed by atoms with E-state index in [1.807, 2.05) is 30.8 Å². The van der Waals surface area contributed by atoms with Crippen LogP contribution in [0.5, 0.6) is 0 Å². The van der Waals surface area contributed by atoms with Crippen LogP contribution in [-0.4, -0.2) is 36.8 Å². The molecule has 0 bridgehead atoms. The molecular weight excluding hydrogens is 458 g/mol. The van der Waals surface area contributed by atoms with Crippen LogP contribution in [0.2, 0.25) is 5.02 Å². The van der Waals surface area contributed by atoms with Gasteiger partial charge in [-0.2, -0.15) is 11.8 Å². The molecule has 0 aliphatic heterocycles. The highest BCUT2D eigenvalue weighted by atomic mass is 35.5. The van der Waals surface area contributed by atoms with Crippen LogP contribution in [0.15, 0.2) is 52.3 Å². The predicted molar refractivity (Wildman–Crippen MR) is 132 cm³/mol. The maximum absolute atomic E-state index is 13.7. The molecule has 30 heavy (non-hydrogen) atoms. The molecule has 1 N–H and O–H groups in total. The molecule has 0 fully saturated rings. The normalized spacial score (nSPS) is 12.7. The fraction of sp³-hybridized carbons (Fsp3) is 0.455. The van der Waals surface area contributed by atoms with E-state index in [9.17, 15) is 13.5 Å². The van der Waals surface area contributed by atoms with Crippen LogP contribution < -0.4 is 4.31 Å². The summed E-state index contributed by atoms with van der Waals surface area (Å²) in [4.78, 5) is 1.27. The van der Waals surface area contributed by atoms with E-state index in [0.29, 0.717) is 22.7 Å². The Hall–Kier alpha value is -0.860. The molecule has 0 aliphatic carbocycles. The molecular formula is C22H30ClNO3S3. The largest absolute Gasteiger partial charge is 0.392 e. The Balaban J connectivity index is 2.47. The molecule has 0 radical (unpaired) electrons. The Morgan fingerprint density at radius 3 is 2.40 bits per heavy atom. The van der Waals surface area contributed by atoms with Crippen LogP contribution in [-0.2, 0) is 16.6 Å². The second-order valence-electron chi connectivity index (χ2n) is 6.82. The number of sulfonamides is 1. The molecule has 0 saturated carbocycles. The van der Waals surface area contributed by atoms with Crippen LogP contribution in [0.4, 0.5) is 5.69 Å². The molecule has 8 heteroatoms. The Kier molecular flexibility index (Phi) is 10.4. The number of hydrogen-bond acceptors (Lipinski definition) is 5. The molecule has 0 aromatic heterocycles. The van der Waals surface area contributed by atoms with Gasteiger partial charge in [0.05, 0.1) is 17.2 Å². The number of hydrogen-bond donors (Lipinski definition) is 1. The van der Waals surface area contributed by atoms with Gasteiger partial charge < -0.3 is 5.11 Å². The molecule has 2 aromatic rings. The molecule has 2 rings (SSSR count). The summed E-state index contributed by atoms with van der Waals surface area (Å²) >= 11 is 9.73. The lowest BCUT2D eigenvalue weighted by molar-refractivity contribution is 0.282. The summed E-state index contributed by atoms with van der Waals surface area (Å²) in [5.74, 6) is 2.95. The van der Waals surface area contributed by atoms with Gasteiger partial charge in [0.1, 0.15) is 0 Å². The van der Waals surface area contributed by atoms with Gasteiger partial charge in [0.2, 0.25) is 0 Å². The van der Waals surface area contributed by atoms with E-state index < -0.39 is 10.0 Å². The maximum Gasteiger partial charge on any atom is 0.264 e. The standard InChI is InChI=1S/C22H30ClNO3S3/c1-4-28-14-6-7-17(3)24(22-15-19(23)9-8-18(22)16-25)30(26,27)21-12-10-20(11-13-21)29-5-2/h8-13,15,17,25H,4-7,14,16H2,1-3H3/t17-/m1/s1. The quantitative estimate of drug-likeness (QED) is 0.291. The monoisotopic (exact) mass is 487 g/mol. The Bertz CT molecular complexity index is 904. The van der Waals surface area contributed by atoms with Crippen LogP contribution in [0.25, 0.3) is 0 Å². The average molecular weight is 488 g/mol. The molecule has 166 valence electrons. The molecule has 0 amide bonds. The minimum absolute atomic E-state index is 0.238. The van der Waals surface area contributed by atoms with Crippen molar-refractivity contribution in [3.63, 3.8) is 0 Å². The first-order valence-corrected chi connectivity index (χ1v) is 14.0. The number of rotatable bonds is 12. The van der Waals surface area contributed by atoms with Crippen molar-refractivity contribution in [3.8, 4) is 0 Å². The summed E-state index contributed by atoms with van der Waals surface area (Å²) in [6.07, 6.45) is 1.63. The van der Waals surface area contributed by atoms with Crippen LogP contribution in [0, 0.1) is 0 Å². The van der Waals surface area contributed by atoms with Gasteiger partial charge in [0, 0.05) is 21.5 Å². The first-order valence-electron chi connectivity index (χ1n) is 10.1. The first kappa shape index (κ1) is 25.4. The molecule has 4 nitrogen and oxygen atoms in total. The topological polar surface area (TPSA) is 57.6 Å². The van der Waals surface area contributed by atoms with E-state index in [-0.39, 0.29) is 17.5 Å². The van der Waals surface area contributed by atoms with Crippen molar-refractivity contribution < 1.29 is 13.5 Å². The number of nitrogens with zero attached hydrogens (tertiary/aromatic N) is 1. The SMILES string of the molecule is CCSCCC[C@@H](C)N(c1cc(Cl)ccc1CO)S(=O)(=O)c1ccc(SCC)cc1. The number of anilines is 1. The molecule has 0 heterocycles. The van der Waals surface area contributed by atoms with Crippen LogP contribution >= 0.6 is 35.1 Å². The zero-order valence-corrected chi connectivity index (χ0v) is 20.9. The van der Waals surface area contributed by atoms with Gasteiger partial charge in [-0.05, 0) is 73.4 Å². The third kappa shape index (κ3) is 6.57. The predicted octanol–water partition coefficient (Wildman–Crippen LogP) is 6.06. The highest BCUT2D eigenvalue weighted by Gasteiger charge is 2.31. The first-order chi connectivity index (χ1) is 14.3. The lowest BCUT2D eigenvalue weighted by Gasteiger charge is -2.32. The van der Waals surface area contributed by atoms with Crippen molar-refractivity contribution in [2.45, 2.75) is 56.1 Å². The molecule has 0 spiro atoms. The molecule has 0 unspecified atom stereocenters. The van der Waals surface area contributed by atoms with Crippen molar-refractivity contribution in [2.24, 2.45) is 0 Å². The number of aliphatic hydroxyl groups is 1. The number of halogens is 1. The van der Waals surface area contributed by atoms with Crippen molar-refractivity contribution in [2.75, 3.05) is 21.6 Å². The highest BCUT2D eigenvalue weighted by molar-refractivity contribution is 7.99. The van der Waals surface area contributed by atoms with Gasteiger partial charge in [-0.25, -0.2) is 8.42 Å². The minimum atomic E-state index is -3.83. The lowest BCUT2D eigenvalue weighted by Crippen LogP contribution is -2.39. The summed E-state index contributed by atoms with van der Waals surface area (Å²) in [5, 5.41) is 10.3. The average Bonchev–Trinajstić information content (AvgIpc) is 2.72. The van der Waals surface area contributed by atoms with Crippen molar-refractivity contribution >= 4 is 50.8 Å². The summed E-state index contributed by atoms with van der Waals surface area (Å²) < 4.78 is 28.8. The zero-order valence-electron chi connectivity index (χ0n) is 17.7. The molecule has 2 aromatic carbocycles. The van der Waals surface area contributed by atoms with E-state index in [1.54, 1.807) is 42.1 Å². The molecule has 0 saturated heterocycles. The Morgan fingerprint density at radius 2 is 1.80 bits per heavy atom. The minimum Gasteiger partial charge on any atom is -0.392 e. The lowest BCUT2D eigenvalue weighted by atomic mass is 10.1. The second kappa shape index (κ2) is 12.2. The van der Waals surface area contributed by atoms with Crippen LogP contribution in [0.3, 0.4) is 0 Å². The van der Waals surface area contributed by atoms with Gasteiger partial charge in [0.25, 0.3) is 10.0 Å². The van der Waals surface area contributed by atoms with Gasteiger partial charge in [-0.15, -0.1) is 11.8 Å². The third-order valence-corrected chi connectivity index (χ3v) is 8.72. The fourth-order valence-electron chi connectivity index (χ4n) is 3.21. The van der Waals surface area contributed by atoms with E-state index in [4.69, 9.17) is 11.6 Å². The van der Waals surface area contributed by atoms with Crippen molar-refractivity contribution in [3.05, 3.63) is 53.1 Å². The Morgan fingerprint density at radius 1 is 1.10 bits per heavy atom. The Labute approximate surface area is 194 Å². The summed E-state index contributed by atoms with van der Waals surface area (Å²) in [6, 6.07) is 11.7. The van der Waals surface area contributed by atoms with E-state index in [2.05, 4.69) is 13.8 Å².